The lowest BCUT2D eigenvalue weighted by Crippen LogP contribution is -1.93. The van der Waals surface area contributed by atoms with E-state index in [0.29, 0.717) is 17.0 Å². The molecular weight excluding hydrogens is 166 g/mol. The molecule has 0 spiro atoms. The Bertz CT molecular complexity index is 272. The molecule has 0 aliphatic rings. The molecule has 0 saturated heterocycles. The number of hydrogen-bond donors (Lipinski definition) is 1. The zero-order chi connectivity index (χ0) is 10.3. The van der Waals surface area contributed by atoms with Crippen LogP contribution in [0.1, 0.15) is 24.2 Å². The lowest BCUT2D eigenvalue weighted by Gasteiger charge is -2.02. The molecule has 1 aromatic rings. The monoisotopic (exact) mass is 181 g/mol. The van der Waals surface area contributed by atoms with Gasteiger partial charge in [0.2, 0.25) is 0 Å². The zero-order valence-corrected chi connectivity index (χ0v) is 8.20. The summed E-state index contributed by atoms with van der Waals surface area (Å²) in [5.74, 6) is 0.537. The lowest BCUT2D eigenvalue weighted by molar-refractivity contribution is 0.112. The van der Waals surface area contributed by atoms with Crippen molar-refractivity contribution >= 4 is 12.0 Å². The van der Waals surface area contributed by atoms with Gasteiger partial charge in [0.15, 0.2) is 0 Å². The molecule has 13 heavy (non-hydrogen) atoms. The molecule has 0 unspecified atom stereocenters. The summed E-state index contributed by atoms with van der Waals surface area (Å²) >= 11 is 0. The largest absolute Gasteiger partial charge is 0.495 e. The zero-order valence-electron chi connectivity index (χ0n) is 8.20. The SMILES string of the molecule is CC.COc1cc(C=O)ccc1N. The minimum absolute atomic E-state index is 0.537. The number of rotatable bonds is 2. The molecule has 0 saturated carbocycles. The third kappa shape index (κ3) is 3.15. The van der Waals surface area contributed by atoms with Crippen LogP contribution in [0.15, 0.2) is 18.2 Å². The van der Waals surface area contributed by atoms with Gasteiger partial charge in [-0.05, 0) is 18.2 Å². The fourth-order valence-electron chi connectivity index (χ4n) is 0.801. The maximum Gasteiger partial charge on any atom is 0.150 e. The molecule has 0 fully saturated rings. The van der Waals surface area contributed by atoms with Crippen LogP contribution in [0.5, 0.6) is 5.75 Å². The number of nitrogen functional groups attached to an aromatic ring is 1. The van der Waals surface area contributed by atoms with E-state index in [1.54, 1.807) is 18.2 Å². The number of methoxy groups -OCH3 is 1. The van der Waals surface area contributed by atoms with Crippen LogP contribution in [0.3, 0.4) is 0 Å². The van der Waals surface area contributed by atoms with E-state index in [1.807, 2.05) is 13.8 Å². The van der Waals surface area contributed by atoms with E-state index in [2.05, 4.69) is 0 Å². The Morgan fingerprint density at radius 1 is 1.38 bits per heavy atom. The van der Waals surface area contributed by atoms with Crippen LogP contribution >= 0.6 is 0 Å². The van der Waals surface area contributed by atoms with Crippen molar-refractivity contribution in [2.75, 3.05) is 12.8 Å². The number of ether oxygens (including phenoxy) is 1. The second kappa shape index (κ2) is 6.06. The van der Waals surface area contributed by atoms with E-state index in [0.717, 1.165) is 6.29 Å². The van der Waals surface area contributed by atoms with Crippen molar-refractivity contribution in [3.05, 3.63) is 23.8 Å². The Balaban J connectivity index is 0.000000671. The molecule has 0 heterocycles. The van der Waals surface area contributed by atoms with Crippen LogP contribution in [-0.2, 0) is 0 Å². The Morgan fingerprint density at radius 2 is 2.00 bits per heavy atom. The molecule has 0 radical (unpaired) electrons. The molecule has 0 aliphatic heterocycles. The third-order valence-electron chi connectivity index (χ3n) is 1.39. The predicted octanol–water partition coefficient (Wildman–Crippen LogP) is 2.12. The van der Waals surface area contributed by atoms with Crippen molar-refractivity contribution < 1.29 is 9.53 Å². The summed E-state index contributed by atoms with van der Waals surface area (Å²) in [6, 6.07) is 4.88. The summed E-state index contributed by atoms with van der Waals surface area (Å²) in [6.45, 7) is 4.00. The number of anilines is 1. The molecule has 1 rings (SSSR count). The molecule has 2 N–H and O–H groups in total. The minimum atomic E-state index is 0.537. The molecule has 0 aromatic heterocycles. The van der Waals surface area contributed by atoms with Crippen molar-refractivity contribution in [2.24, 2.45) is 0 Å². The predicted molar refractivity (Wildman–Crippen MR) is 54.1 cm³/mol. The van der Waals surface area contributed by atoms with Crippen molar-refractivity contribution in [2.45, 2.75) is 13.8 Å². The minimum Gasteiger partial charge on any atom is -0.495 e. The van der Waals surface area contributed by atoms with Gasteiger partial charge in [-0.1, -0.05) is 13.8 Å². The first-order valence-electron chi connectivity index (χ1n) is 4.16. The highest BCUT2D eigenvalue weighted by molar-refractivity contribution is 5.77. The number of aldehydes is 1. The topological polar surface area (TPSA) is 52.3 Å². The summed E-state index contributed by atoms with van der Waals surface area (Å²) in [4.78, 5) is 10.3. The second-order valence-electron chi connectivity index (χ2n) is 2.12. The Kier molecular flexibility index (Phi) is 5.35. The van der Waals surface area contributed by atoms with E-state index in [1.165, 1.54) is 7.11 Å². The van der Waals surface area contributed by atoms with Gasteiger partial charge < -0.3 is 10.5 Å². The summed E-state index contributed by atoms with van der Waals surface area (Å²) in [6.07, 6.45) is 0.752. The van der Waals surface area contributed by atoms with Gasteiger partial charge in [-0.3, -0.25) is 4.79 Å². The lowest BCUT2D eigenvalue weighted by atomic mass is 10.2. The van der Waals surface area contributed by atoms with Crippen LogP contribution < -0.4 is 10.5 Å². The molecule has 0 atom stereocenters. The molecular formula is C10H15NO2. The molecule has 3 nitrogen and oxygen atoms in total. The average Bonchev–Trinajstić information content (AvgIpc) is 2.22. The van der Waals surface area contributed by atoms with Gasteiger partial charge in [0.25, 0.3) is 0 Å². The maximum absolute atomic E-state index is 10.3. The second-order valence-corrected chi connectivity index (χ2v) is 2.12. The smallest absolute Gasteiger partial charge is 0.150 e. The van der Waals surface area contributed by atoms with E-state index in [9.17, 15) is 4.79 Å². The van der Waals surface area contributed by atoms with E-state index in [-0.39, 0.29) is 0 Å². The number of benzene rings is 1. The molecule has 3 heteroatoms. The van der Waals surface area contributed by atoms with Gasteiger partial charge in [0.1, 0.15) is 12.0 Å². The highest BCUT2D eigenvalue weighted by Crippen LogP contribution is 2.20. The van der Waals surface area contributed by atoms with Crippen LogP contribution in [0, 0.1) is 0 Å². The van der Waals surface area contributed by atoms with Gasteiger partial charge in [0, 0.05) is 5.56 Å². The standard InChI is InChI=1S/C8H9NO2.C2H6/c1-11-8-4-6(5-10)2-3-7(8)9;1-2/h2-5H,9H2,1H3;1-2H3. The Morgan fingerprint density at radius 3 is 2.46 bits per heavy atom. The normalized spacial score (nSPS) is 8.23. The average molecular weight is 181 g/mol. The number of carbonyl (C=O) groups is 1. The quantitative estimate of drug-likeness (QED) is 0.561. The van der Waals surface area contributed by atoms with Crippen LogP contribution in [0.2, 0.25) is 0 Å². The van der Waals surface area contributed by atoms with Gasteiger partial charge in [0.05, 0.1) is 12.8 Å². The highest BCUT2D eigenvalue weighted by Gasteiger charge is 1.98. The van der Waals surface area contributed by atoms with Crippen LogP contribution in [0.25, 0.3) is 0 Å². The molecule has 0 bridgehead atoms. The molecule has 0 aliphatic carbocycles. The Labute approximate surface area is 78.5 Å². The van der Waals surface area contributed by atoms with Crippen molar-refractivity contribution in [3.8, 4) is 5.75 Å². The fraction of sp³-hybridized carbons (Fsp3) is 0.300. The molecule has 1 aromatic carbocycles. The van der Waals surface area contributed by atoms with E-state index in [4.69, 9.17) is 10.5 Å². The maximum atomic E-state index is 10.3. The van der Waals surface area contributed by atoms with Crippen LogP contribution in [-0.4, -0.2) is 13.4 Å². The van der Waals surface area contributed by atoms with E-state index >= 15 is 0 Å². The van der Waals surface area contributed by atoms with E-state index < -0.39 is 0 Å². The van der Waals surface area contributed by atoms with Gasteiger partial charge >= 0.3 is 0 Å². The summed E-state index contributed by atoms with van der Waals surface area (Å²) in [5.41, 5.74) is 6.62. The number of hydrogen-bond acceptors (Lipinski definition) is 3. The number of nitrogens with two attached hydrogens (primary N) is 1. The molecule has 72 valence electrons. The van der Waals surface area contributed by atoms with Crippen molar-refractivity contribution in [1.82, 2.24) is 0 Å². The number of carbonyl (C=O) groups excluding carboxylic acids is 1. The first kappa shape index (κ1) is 11.5. The molecule has 0 amide bonds. The Hall–Kier alpha value is -1.51. The fourth-order valence-corrected chi connectivity index (χ4v) is 0.801. The van der Waals surface area contributed by atoms with Gasteiger partial charge in [-0.25, -0.2) is 0 Å². The third-order valence-corrected chi connectivity index (χ3v) is 1.39. The summed E-state index contributed by atoms with van der Waals surface area (Å²) in [5, 5.41) is 0. The first-order chi connectivity index (χ1) is 6.27. The van der Waals surface area contributed by atoms with Crippen molar-refractivity contribution in [1.29, 1.82) is 0 Å². The van der Waals surface area contributed by atoms with Gasteiger partial charge in [-0.15, -0.1) is 0 Å². The van der Waals surface area contributed by atoms with Crippen LogP contribution in [0.4, 0.5) is 5.69 Å². The summed E-state index contributed by atoms with van der Waals surface area (Å²) in [7, 11) is 1.51. The van der Waals surface area contributed by atoms with Crippen molar-refractivity contribution in [3.63, 3.8) is 0 Å². The highest BCUT2D eigenvalue weighted by atomic mass is 16.5. The summed E-state index contributed by atoms with van der Waals surface area (Å²) < 4.78 is 4.90. The van der Waals surface area contributed by atoms with Gasteiger partial charge in [-0.2, -0.15) is 0 Å². The first-order valence-corrected chi connectivity index (χ1v) is 4.16.